The molecule has 0 radical (unpaired) electrons. The smallest absolute Gasteiger partial charge is 0.303 e. The minimum absolute atomic E-state index is 0.0470. The molecule has 1 aromatic carbocycles. The summed E-state index contributed by atoms with van der Waals surface area (Å²) >= 11 is 0. The number of carboxylic acids is 1. The predicted octanol–water partition coefficient (Wildman–Crippen LogP) is 1.33. The van der Waals surface area contributed by atoms with Crippen molar-refractivity contribution in [3.05, 3.63) is 23.8 Å². The Morgan fingerprint density at radius 1 is 1.26 bits per heavy atom. The van der Waals surface area contributed by atoms with Crippen LogP contribution in [0.1, 0.15) is 30.1 Å². The highest BCUT2D eigenvalue weighted by Gasteiger charge is 2.11. The first-order valence-electron chi connectivity index (χ1n) is 5.92. The van der Waals surface area contributed by atoms with Crippen molar-refractivity contribution >= 4 is 11.9 Å². The summed E-state index contributed by atoms with van der Waals surface area (Å²) in [6.45, 7) is 2.20. The number of benzene rings is 1. The van der Waals surface area contributed by atoms with Gasteiger partial charge in [-0.25, -0.2) is 0 Å². The molecule has 0 spiro atoms. The summed E-state index contributed by atoms with van der Waals surface area (Å²) in [7, 11) is 0. The number of hydrogen-bond acceptors (Lipinski definition) is 4. The molecule has 4 N–H and O–H groups in total. The van der Waals surface area contributed by atoms with E-state index in [9.17, 15) is 14.7 Å². The number of amides is 1. The van der Waals surface area contributed by atoms with Crippen molar-refractivity contribution in [2.24, 2.45) is 5.92 Å². The predicted molar refractivity (Wildman–Crippen MR) is 68.1 cm³/mol. The molecule has 1 aromatic rings. The molecule has 1 amide bonds. The summed E-state index contributed by atoms with van der Waals surface area (Å²) < 4.78 is 0. The normalized spacial score (nSPS) is 11.8. The Hall–Kier alpha value is -2.24. The van der Waals surface area contributed by atoms with Crippen LogP contribution in [-0.4, -0.2) is 33.7 Å². The molecule has 1 unspecified atom stereocenters. The Morgan fingerprint density at radius 2 is 1.95 bits per heavy atom. The highest BCUT2D eigenvalue weighted by Crippen LogP contribution is 2.24. The second-order valence-corrected chi connectivity index (χ2v) is 4.45. The molecule has 0 aliphatic rings. The second kappa shape index (κ2) is 6.63. The van der Waals surface area contributed by atoms with Crippen molar-refractivity contribution < 1.29 is 24.9 Å². The average molecular weight is 267 g/mol. The van der Waals surface area contributed by atoms with Crippen molar-refractivity contribution in [3.8, 4) is 11.5 Å². The van der Waals surface area contributed by atoms with Crippen LogP contribution in [0.2, 0.25) is 0 Å². The summed E-state index contributed by atoms with van der Waals surface area (Å²) in [5, 5.41) is 29.6. The Morgan fingerprint density at radius 3 is 2.53 bits per heavy atom. The number of phenolic OH excluding ortho intramolecular Hbond substituents is 2. The third-order valence-electron chi connectivity index (χ3n) is 2.70. The van der Waals surface area contributed by atoms with Crippen LogP contribution in [-0.2, 0) is 4.79 Å². The maximum absolute atomic E-state index is 11.7. The number of hydrogen-bond donors (Lipinski definition) is 4. The maximum atomic E-state index is 11.7. The molecule has 6 heteroatoms. The van der Waals surface area contributed by atoms with Crippen LogP contribution in [0.4, 0.5) is 0 Å². The van der Waals surface area contributed by atoms with Gasteiger partial charge in [-0.05, 0) is 30.5 Å². The van der Waals surface area contributed by atoms with Crippen molar-refractivity contribution in [1.82, 2.24) is 5.32 Å². The molecule has 0 bridgehead atoms. The van der Waals surface area contributed by atoms with Gasteiger partial charge in [0.25, 0.3) is 5.91 Å². The second-order valence-electron chi connectivity index (χ2n) is 4.45. The molecule has 19 heavy (non-hydrogen) atoms. The third-order valence-corrected chi connectivity index (χ3v) is 2.70. The summed E-state index contributed by atoms with van der Waals surface area (Å²) in [4.78, 5) is 22.1. The van der Waals surface area contributed by atoms with E-state index in [4.69, 9.17) is 10.2 Å². The zero-order chi connectivity index (χ0) is 14.4. The van der Waals surface area contributed by atoms with Gasteiger partial charge in [0.15, 0.2) is 11.5 Å². The van der Waals surface area contributed by atoms with E-state index in [1.54, 1.807) is 0 Å². The Balaban J connectivity index is 2.46. The number of carbonyl (C=O) groups is 2. The van der Waals surface area contributed by atoms with E-state index in [0.717, 1.165) is 0 Å². The highest BCUT2D eigenvalue weighted by molar-refractivity contribution is 5.94. The van der Waals surface area contributed by atoms with Crippen LogP contribution < -0.4 is 5.32 Å². The molecule has 1 atom stereocenters. The number of aromatic hydroxyl groups is 2. The maximum Gasteiger partial charge on any atom is 0.303 e. The van der Waals surface area contributed by atoms with Crippen LogP contribution in [0.5, 0.6) is 11.5 Å². The van der Waals surface area contributed by atoms with Gasteiger partial charge in [-0.3, -0.25) is 9.59 Å². The van der Waals surface area contributed by atoms with Crippen molar-refractivity contribution in [3.63, 3.8) is 0 Å². The fourth-order valence-corrected chi connectivity index (χ4v) is 1.51. The van der Waals surface area contributed by atoms with Crippen LogP contribution in [0.25, 0.3) is 0 Å². The van der Waals surface area contributed by atoms with Crippen molar-refractivity contribution in [2.45, 2.75) is 19.8 Å². The molecule has 0 aliphatic heterocycles. The van der Waals surface area contributed by atoms with Crippen LogP contribution >= 0.6 is 0 Å². The lowest BCUT2D eigenvalue weighted by Crippen LogP contribution is -2.28. The van der Waals surface area contributed by atoms with E-state index < -0.39 is 5.97 Å². The van der Waals surface area contributed by atoms with Crippen LogP contribution in [0.3, 0.4) is 0 Å². The van der Waals surface area contributed by atoms with E-state index in [1.807, 2.05) is 6.92 Å². The molecule has 0 aliphatic carbocycles. The van der Waals surface area contributed by atoms with Crippen molar-refractivity contribution in [2.75, 3.05) is 6.54 Å². The number of phenols is 2. The number of nitrogens with one attached hydrogen (secondary N) is 1. The summed E-state index contributed by atoms with van der Waals surface area (Å²) in [6.07, 6.45) is 0.549. The Kier molecular flexibility index (Phi) is 5.17. The number of aliphatic carboxylic acids is 1. The topological polar surface area (TPSA) is 107 Å². The lowest BCUT2D eigenvalue weighted by atomic mass is 10.1. The first-order valence-corrected chi connectivity index (χ1v) is 5.92. The zero-order valence-electron chi connectivity index (χ0n) is 10.6. The molecular weight excluding hydrogens is 250 g/mol. The van der Waals surface area contributed by atoms with Crippen LogP contribution in [0.15, 0.2) is 18.2 Å². The molecule has 0 saturated heterocycles. The van der Waals surface area contributed by atoms with Gasteiger partial charge in [0.2, 0.25) is 0 Å². The fourth-order valence-electron chi connectivity index (χ4n) is 1.51. The first kappa shape index (κ1) is 14.8. The Labute approximate surface area is 110 Å². The van der Waals surface area contributed by atoms with E-state index in [1.165, 1.54) is 18.2 Å². The van der Waals surface area contributed by atoms with E-state index in [0.29, 0.717) is 13.0 Å². The highest BCUT2D eigenvalue weighted by atomic mass is 16.4. The average Bonchev–Trinajstić information content (AvgIpc) is 2.36. The van der Waals surface area contributed by atoms with E-state index in [2.05, 4.69) is 5.32 Å². The number of carboxylic acid groups (broad SMARTS) is 1. The monoisotopic (exact) mass is 267 g/mol. The minimum Gasteiger partial charge on any atom is -0.504 e. The fraction of sp³-hybridized carbons (Fsp3) is 0.385. The third kappa shape index (κ3) is 4.87. The van der Waals surface area contributed by atoms with E-state index in [-0.39, 0.29) is 35.3 Å². The van der Waals surface area contributed by atoms with Gasteiger partial charge in [-0.1, -0.05) is 6.92 Å². The largest absolute Gasteiger partial charge is 0.504 e. The van der Waals surface area contributed by atoms with Crippen LogP contribution in [0, 0.1) is 5.92 Å². The SMILES string of the molecule is CC(CCC(=O)O)CNC(=O)c1ccc(O)c(O)c1. The quantitative estimate of drug-likeness (QED) is 0.582. The van der Waals surface area contributed by atoms with Gasteiger partial charge in [0.1, 0.15) is 0 Å². The number of carbonyl (C=O) groups excluding carboxylic acids is 1. The molecular formula is C13H17NO5. The minimum atomic E-state index is -0.860. The molecule has 0 saturated carbocycles. The molecule has 6 nitrogen and oxygen atoms in total. The van der Waals surface area contributed by atoms with Crippen molar-refractivity contribution in [1.29, 1.82) is 0 Å². The molecule has 104 valence electrons. The van der Waals surface area contributed by atoms with Gasteiger partial charge in [0, 0.05) is 18.5 Å². The standard InChI is InChI=1S/C13H17NO5/c1-8(2-5-12(17)18)7-14-13(19)9-3-4-10(15)11(16)6-9/h3-4,6,8,15-16H,2,5,7H2,1H3,(H,14,19)(H,17,18). The van der Waals surface area contributed by atoms with Gasteiger partial charge >= 0.3 is 5.97 Å². The lowest BCUT2D eigenvalue weighted by Gasteiger charge is -2.11. The summed E-state index contributed by atoms with van der Waals surface area (Å²) in [5.74, 6) is -1.83. The van der Waals surface area contributed by atoms with Gasteiger partial charge in [0.05, 0.1) is 0 Å². The van der Waals surface area contributed by atoms with Gasteiger partial charge in [-0.15, -0.1) is 0 Å². The first-order chi connectivity index (χ1) is 8.90. The molecule has 0 heterocycles. The van der Waals surface area contributed by atoms with Gasteiger partial charge in [-0.2, -0.15) is 0 Å². The summed E-state index contributed by atoms with van der Waals surface area (Å²) in [5.41, 5.74) is 0.237. The zero-order valence-corrected chi connectivity index (χ0v) is 10.6. The molecule has 0 fully saturated rings. The summed E-state index contributed by atoms with van der Waals surface area (Å²) in [6, 6.07) is 3.80. The van der Waals surface area contributed by atoms with E-state index >= 15 is 0 Å². The molecule has 0 aromatic heterocycles. The lowest BCUT2D eigenvalue weighted by molar-refractivity contribution is -0.137. The molecule has 1 rings (SSSR count). The Bertz CT molecular complexity index is 472. The van der Waals surface area contributed by atoms with Gasteiger partial charge < -0.3 is 20.6 Å². The number of rotatable bonds is 6.